The van der Waals surface area contributed by atoms with Crippen molar-refractivity contribution >= 4 is 35.0 Å². The number of esters is 1. The number of nitrogens with one attached hydrogen (secondary N) is 1. The lowest BCUT2D eigenvalue weighted by atomic mass is 10.2. The van der Waals surface area contributed by atoms with Gasteiger partial charge < -0.3 is 14.8 Å². The average Bonchev–Trinajstić information content (AvgIpc) is 2.68. The molecule has 148 valence electrons. The van der Waals surface area contributed by atoms with Crippen LogP contribution in [-0.4, -0.2) is 35.8 Å². The summed E-state index contributed by atoms with van der Waals surface area (Å²) in [6.45, 7) is 3.39. The van der Waals surface area contributed by atoms with Gasteiger partial charge in [-0.2, -0.15) is 0 Å². The van der Waals surface area contributed by atoms with Gasteiger partial charge in [-0.15, -0.1) is 11.8 Å². The van der Waals surface area contributed by atoms with Crippen LogP contribution in [0.3, 0.4) is 0 Å². The van der Waals surface area contributed by atoms with E-state index in [4.69, 9.17) is 9.47 Å². The van der Waals surface area contributed by atoms with Gasteiger partial charge in [0, 0.05) is 17.0 Å². The summed E-state index contributed by atoms with van der Waals surface area (Å²) in [5, 5.41) is 13.4. The highest BCUT2D eigenvalue weighted by Gasteiger charge is 2.22. The van der Waals surface area contributed by atoms with Crippen molar-refractivity contribution in [3.05, 3.63) is 58.1 Å². The van der Waals surface area contributed by atoms with Crippen LogP contribution in [0.4, 0.5) is 11.4 Å². The summed E-state index contributed by atoms with van der Waals surface area (Å²) in [4.78, 5) is 36.0. The lowest BCUT2D eigenvalue weighted by Gasteiger charge is -2.16. The van der Waals surface area contributed by atoms with Crippen LogP contribution in [0.25, 0.3) is 0 Å². The predicted octanol–water partition coefficient (Wildman–Crippen LogP) is 3.90. The number of benzene rings is 2. The molecular formula is C19H20N2O6S. The molecule has 0 saturated heterocycles. The molecule has 2 rings (SSSR count). The van der Waals surface area contributed by atoms with E-state index in [-0.39, 0.29) is 17.1 Å². The zero-order chi connectivity index (χ0) is 20.7. The molecule has 0 saturated carbocycles. The van der Waals surface area contributed by atoms with E-state index in [9.17, 15) is 19.7 Å². The predicted molar refractivity (Wildman–Crippen MR) is 106 cm³/mol. The van der Waals surface area contributed by atoms with E-state index in [2.05, 4.69) is 5.32 Å². The molecule has 2 aromatic rings. The molecule has 0 unspecified atom stereocenters. The first-order valence-electron chi connectivity index (χ1n) is 8.43. The Morgan fingerprint density at radius 1 is 1.25 bits per heavy atom. The molecule has 1 amide bonds. The van der Waals surface area contributed by atoms with Gasteiger partial charge in [0.15, 0.2) is 6.10 Å². The number of amides is 1. The van der Waals surface area contributed by atoms with Gasteiger partial charge in [-0.1, -0.05) is 19.1 Å². The van der Waals surface area contributed by atoms with E-state index in [1.54, 1.807) is 12.1 Å². The second kappa shape index (κ2) is 9.75. The molecule has 8 nitrogen and oxygen atoms in total. The lowest BCUT2D eigenvalue weighted by Crippen LogP contribution is -2.30. The van der Waals surface area contributed by atoms with Crippen molar-refractivity contribution in [1.29, 1.82) is 0 Å². The molecule has 9 heteroatoms. The molecule has 0 fully saturated rings. The van der Waals surface area contributed by atoms with Gasteiger partial charge in [0.2, 0.25) is 0 Å². The van der Waals surface area contributed by atoms with Gasteiger partial charge in [0.25, 0.3) is 11.6 Å². The third-order valence-corrected chi connectivity index (χ3v) is 4.67. The average molecular weight is 404 g/mol. The van der Waals surface area contributed by atoms with E-state index in [0.717, 1.165) is 10.6 Å². The molecule has 0 bridgehead atoms. The van der Waals surface area contributed by atoms with Crippen molar-refractivity contribution in [2.24, 2.45) is 0 Å². The van der Waals surface area contributed by atoms with Crippen LogP contribution < -0.4 is 10.1 Å². The number of hydrogen-bond acceptors (Lipinski definition) is 7. The number of rotatable bonds is 8. The second-order valence-electron chi connectivity index (χ2n) is 5.61. The van der Waals surface area contributed by atoms with Gasteiger partial charge in [0.1, 0.15) is 5.75 Å². The molecule has 0 aliphatic heterocycles. The van der Waals surface area contributed by atoms with E-state index in [1.807, 2.05) is 19.1 Å². The molecule has 0 aliphatic carbocycles. The number of ether oxygens (including phenoxy) is 2. The maximum atomic E-state index is 12.4. The smallest absolute Gasteiger partial charge is 0.340 e. The largest absolute Gasteiger partial charge is 0.495 e. The van der Waals surface area contributed by atoms with Crippen molar-refractivity contribution in [3.8, 4) is 5.75 Å². The van der Waals surface area contributed by atoms with Crippen LogP contribution in [0, 0.1) is 10.1 Å². The van der Waals surface area contributed by atoms with Gasteiger partial charge in [-0.05, 0) is 30.9 Å². The Morgan fingerprint density at radius 3 is 2.61 bits per heavy atom. The van der Waals surface area contributed by atoms with E-state index >= 15 is 0 Å². The Bertz CT molecular complexity index is 886. The SMILES string of the molecule is CCSc1ccccc1C(=O)O[C@H](C)C(=O)Nc1cc([N+](=O)[O-])ccc1OC. The van der Waals surface area contributed by atoms with Crippen LogP contribution in [-0.2, 0) is 9.53 Å². The molecule has 2 aromatic carbocycles. The molecule has 0 heterocycles. The van der Waals surface area contributed by atoms with Crippen molar-refractivity contribution < 1.29 is 24.0 Å². The minimum atomic E-state index is -1.11. The number of carbonyl (C=O) groups is 2. The topological polar surface area (TPSA) is 108 Å². The number of thioether (sulfide) groups is 1. The van der Waals surface area contributed by atoms with Crippen LogP contribution in [0.2, 0.25) is 0 Å². The summed E-state index contributed by atoms with van der Waals surface area (Å²) in [6.07, 6.45) is -1.11. The Balaban J connectivity index is 2.12. The summed E-state index contributed by atoms with van der Waals surface area (Å²) >= 11 is 1.50. The van der Waals surface area contributed by atoms with Crippen molar-refractivity contribution in [1.82, 2.24) is 0 Å². The first-order chi connectivity index (χ1) is 13.4. The summed E-state index contributed by atoms with van der Waals surface area (Å²) in [6, 6.07) is 10.8. The summed E-state index contributed by atoms with van der Waals surface area (Å²) in [7, 11) is 1.38. The van der Waals surface area contributed by atoms with Gasteiger partial charge >= 0.3 is 5.97 Å². The monoisotopic (exact) mass is 404 g/mol. The van der Waals surface area contributed by atoms with Crippen LogP contribution in [0.1, 0.15) is 24.2 Å². The standard InChI is InChI=1S/C19H20N2O6S/c1-4-28-17-8-6-5-7-14(17)19(23)27-12(2)18(22)20-15-11-13(21(24)25)9-10-16(15)26-3/h5-12H,4H2,1-3H3,(H,20,22)/t12-/m1/s1. The summed E-state index contributed by atoms with van der Waals surface area (Å²) < 4.78 is 10.4. The Labute approximate surface area is 166 Å². The first-order valence-corrected chi connectivity index (χ1v) is 9.42. The third-order valence-electron chi connectivity index (χ3n) is 3.71. The number of carbonyl (C=O) groups excluding carboxylic acids is 2. The van der Waals surface area contributed by atoms with Crippen molar-refractivity contribution in [3.63, 3.8) is 0 Å². The molecule has 0 aliphatic rings. The highest BCUT2D eigenvalue weighted by molar-refractivity contribution is 7.99. The molecule has 28 heavy (non-hydrogen) atoms. The minimum absolute atomic E-state index is 0.117. The third kappa shape index (κ3) is 5.23. The number of methoxy groups -OCH3 is 1. The highest BCUT2D eigenvalue weighted by atomic mass is 32.2. The molecule has 0 spiro atoms. The van der Waals surface area contributed by atoms with Crippen LogP contribution in [0.5, 0.6) is 5.75 Å². The minimum Gasteiger partial charge on any atom is -0.495 e. The Hall–Kier alpha value is -3.07. The molecule has 1 atom stereocenters. The van der Waals surface area contributed by atoms with Gasteiger partial charge in [-0.3, -0.25) is 14.9 Å². The Morgan fingerprint density at radius 2 is 1.96 bits per heavy atom. The zero-order valence-electron chi connectivity index (χ0n) is 15.6. The van der Waals surface area contributed by atoms with Gasteiger partial charge in [-0.25, -0.2) is 4.79 Å². The lowest BCUT2D eigenvalue weighted by molar-refractivity contribution is -0.384. The fourth-order valence-electron chi connectivity index (χ4n) is 2.34. The maximum Gasteiger partial charge on any atom is 0.340 e. The zero-order valence-corrected chi connectivity index (χ0v) is 16.4. The number of anilines is 1. The van der Waals surface area contributed by atoms with Crippen LogP contribution in [0.15, 0.2) is 47.4 Å². The number of nitro benzene ring substituents is 1. The van der Waals surface area contributed by atoms with E-state index < -0.39 is 22.9 Å². The summed E-state index contributed by atoms with van der Waals surface area (Å²) in [5.41, 5.74) is 0.291. The first kappa shape index (κ1) is 21.2. The second-order valence-corrected chi connectivity index (χ2v) is 6.91. The molecule has 0 radical (unpaired) electrons. The maximum absolute atomic E-state index is 12.4. The normalized spacial score (nSPS) is 11.4. The van der Waals surface area contributed by atoms with Crippen LogP contribution >= 0.6 is 11.8 Å². The molecular weight excluding hydrogens is 384 g/mol. The number of nitro groups is 1. The summed E-state index contributed by atoms with van der Waals surface area (Å²) in [5.74, 6) is -0.215. The fraction of sp³-hybridized carbons (Fsp3) is 0.263. The number of hydrogen-bond donors (Lipinski definition) is 1. The van der Waals surface area contributed by atoms with Crippen molar-refractivity contribution in [2.75, 3.05) is 18.2 Å². The Kier molecular flexibility index (Phi) is 7.39. The molecule has 0 aromatic heterocycles. The quantitative estimate of drug-likeness (QED) is 0.308. The highest BCUT2D eigenvalue weighted by Crippen LogP contribution is 2.29. The van der Waals surface area contributed by atoms with Crippen molar-refractivity contribution in [2.45, 2.75) is 24.8 Å². The molecule has 1 N–H and O–H groups in total. The fourth-order valence-corrected chi connectivity index (χ4v) is 3.13. The number of non-ortho nitro benzene ring substituents is 1. The van der Waals surface area contributed by atoms with E-state index in [0.29, 0.717) is 5.56 Å². The van der Waals surface area contributed by atoms with Gasteiger partial charge in [0.05, 0.1) is 23.3 Å². The number of nitrogens with zero attached hydrogens (tertiary/aromatic N) is 1. The van der Waals surface area contributed by atoms with E-state index in [1.165, 1.54) is 44.0 Å².